The molecule has 0 aliphatic carbocycles. The molecule has 0 radical (unpaired) electrons. The summed E-state index contributed by atoms with van der Waals surface area (Å²) in [5.41, 5.74) is 2.28. The Morgan fingerprint density at radius 3 is 2.32 bits per heavy atom. The molecule has 25 heavy (non-hydrogen) atoms. The van der Waals surface area contributed by atoms with Crippen molar-refractivity contribution >= 4 is 11.5 Å². The molecule has 0 unspecified atom stereocenters. The second-order valence-corrected chi connectivity index (χ2v) is 5.04. The molecule has 2 heterocycles. The van der Waals surface area contributed by atoms with Crippen LogP contribution in [0.3, 0.4) is 0 Å². The lowest BCUT2D eigenvalue weighted by molar-refractivity contribution is 0.353. The number of pyridine rings is 1. The van der Waals surface area contributed by atoms with Crippen molar-refractivity contribution in [2.45, 2.75) is 0 Å². The average molecular weight is 338 g/mol. The molecular weight excluding hydrogens is 320 g/mol. The van der Waals surface area contributed by atoms with Crippen LogP contribution < -0.4 is 19.5 Å². The van der Waals surface area contributed by atoms with E-state index in [0.29, 0.717) is 23.0 Å². The smallest absolute Gasteiger partial charge is 0.319 e. The van der Waals surface area contributed by atoms with Gasteiger partial charge in [0.2, 0.25) is 5.88 Å². The van der Waals surface area contributed by atoms with Crippen molar-refractivity contribution in [3.8, 4) is 28.9 Å². The van der Waals surface area contributed by atoms with Gasteiger partial charge >= 0.3 is 6.01 Å². The minimum absolute atomic E-state index is 0.244. The lowest BCUT2D eigenvalue weighted by Crippen LogP contribution is -1.99. The number of hydrogen-bond donors (Lipinski definition) is 1. The fourth-order valence-corrected chi connectivity index (χ4v) is 2.26. The van der Waals surface area contributed by atoms with Crippen molar-refractivity contribution in [2.75, 3.05) is 26.6 Å². The van der Waals surface area contributed by atoms with Crippen molar-refractivity contribution < 1.29 is 14.2 Å². The van der Waals surface area contributed by atoms with Crippen LogP contribution in [-0.4, -0.2) is 36.3 Å². The number of hydrogen-bond acceptors (Lipinski definition) is 7. The highest BCUT2D eigenvalue weighted by Crippen LogP contribution is 2.28. The molecule has 1 aromatic carbocycles. The molecule has 1 N–H and O–H groups in total. The van der Waals surface area contributed by atoms with Crippen LogP contribution in [0.2, 0.25) is 0 Å². The maximum absolute atomic E-state index is 5.32. The Morgan fingerprint density at radius 2 is 1.64 bits per heavy atom. The Bertz CT molecular complexity index is 853. The van der Waals surface area contributed by atoms with Crippen LogP contribution in [0.25, 0.3) is 11.3 Å². The van der Waals surface area contributed by atoms with E-state index in [1.54, 1.807) is 20.4 Å². The molecule has 0 spiro atoms. The van der Waals surface area contributed by atoms with Crippen LogP contribution in [0.15, 0.2) is 48.7 Å². The largest absolute Gasteiger partial charge is 0.497 e. The third-order valence-corrected chi connectivity index (χ3v) is 3.50. The van der Waals surface area contributed by atoms with Crippen molar-refractivity contribution in [3.05, 3.63) is 48.7 Å². The number of methoxy groups -OCH3 is 3. The molecule has 7 nitrogen and oxygen atoms in total. The van der Waals surface area contributed by atoms with Crippen LogP contribution in [0.5, 0.6) is 17.6 Å². The molecule has 128 valence electrons. The predicted octanol–water partition coefficient (Wildman–Crippen LogP) is 3.31. The monoisotopic (exact) mass is 338 g/mol. The van der Waals surface area contributed by atoms with Gasteiger partial charge in [0.25, 0.3) is 0 Å². The highest BCUT2D eigenvalue weighted by atomic mass is 16.5. The minimum Gasteiger partial charge on any atom is -0.497 e. The van der Waals surface area contributed by atoms with E-state index < -0.39 is 0 Å². The van der Waals surface area contributed by atoms with Gasteiger partial charge in [-0.2, -0.15) is 4.98 Å². The van der Waals surface area contributed by atoms with E-state index in [1.807, 2.05) is 42.5 Å². The Hall–Kier alpha value is -3.35. The molecule has 0 amide bonds. The van der Waals surface area contributed by atoms with Crippen LogP contribution in [0.1, 0.15) is 0 Å². The molecule has 0 aliphatic heterocycles. The first kappa shape index (κ1) is 16.5. The molecule has 3 rings (SSSR count). The fraction of sp³-hybridized carbons (Fsp3) is 0.167. The van der Waals surface area contributed by atoms with E-state index in [2.05, 4.69) is 20.3 Å². The van der Waals surface area contributed by atoms with E-state index >= 15 is 0 Å². The first-order valence-corrected chi connectivity index (χ1v) is 7.57. The fourth-order valence-electron chi connectivity index (χ4n) is 2.26. The number of nitrogens with one attached hydrogen (secondary N) is 1. The van der Waals surface area contributed by atoms with Gasteiger partial charge in [0, 0.05) is 11.9 Å². The summed E-state index contributed by atoms with van der Waals surface area (Å²) < 4.78 is 15.5. The van der Waals surface area contributed by atoms with E-state index in [0.717, 1.165) is 11.4 Å². The highest BCUT2D eigenvalue weighted by molar-refractivity contribution is 5.67. The van der Waals surface area contributed by atoms with Gasteiger partial charge in [-0.25, -0.2) is 9.97 Å². The first-order valence-electron chi connectivity index (χ1n) is 7.57. The lowest BCUT2D eigenvalue weighted by Gasteiger charge is -2.10. The standard InChI is InChI=1S/C18H18N4O3/c1-23-13-9-7-12(8-10-13)20-16-6-4-5-15(21-16)14-11-19-18(25-3)22-17(14)24-2/h4-11H,1-3H3,(H,20,21). The van der Waals surface area contributed by atoms with Crippen molar-refractivity contribution in [2.24, 2.45) is 0 Å². The molecule has 3 aromatic rings. The summed E-state index contributed by atoms with van der Waals surface area (Å²) >= 11 is 0. The first-order chi connectivity index (χ1) is 12.2. The summed E-state index contributed by atoms with van der Waals surface area (Å²) in [4.78, 5) is 12.9. The van der Waals surface area contributed by atoms with Gasteiger partial charge in [-0.1, -0.05) is 6.07 Å². The summed E-state index contributed by atoms with van der Waals surface area (Å²) in [5.74, 6) is 1.90. The highest BCUT2D eigenvalue weighted by Gasteiger charge is 2.12. The molecule has 0 atom stereocenters. The zero-order chi connectivity index (χ0) is 17.6. The number of anilines is 2. The van der Waals surface area contributed by atoms with Gasteiger partial charge < -0.3 is 19.5 Å². The second kappa shape index (κ2) is 7.48. The molecule has 0 saturated heterocycles. The van der Waals surface area contributed by atoms with Gasteiger partial charge in [0.05, 0.1) is 32.6 Å². The molecule has 2 aromatic heterocycles. The van der Waals surface area contributed by atoms with Crippen molar-refractivity contribution in [3.63, 3.8) is 0 Å². The van der Waals surface area contributed by atoms with Gasteiger partial charge in [-0.3, -0.25) is 0 Å². The summed E-state index contributed by atoms with van der Waals surface area (Å²) in [7, 11) is 4.69. The van der Waals surface area contributed by atoms with Crippen molar-refractivity contribution in [1.82, 2.24) is 15.0 Å². The molecular formula is C18H18N4O3. The van der Waals surface area contributed by atoms with Crippen LogP contribution in [0.4, 0.5) is 11.5 Å². The van der Waals surface area contributed by atoms with Crippen LogP contribution in [-0.2, 0) is 0 Å². The second-order valence-electron chi connectivity index (χ2n) is 5.04. The van der Waals surface area contributed by atoms with Gasteiger partial charge in [0.15, 0.2) is 0 Å². The molecule has 0 aliphatic rings. The number of benzene rings is 1. The molecule has 0 bridgehead atoms. The Kier molecular flexibility index (Phi) is 4.94. The third kappa shape index (κ3) is 3.77. The Labute approximate surface area is 145 Å². The number of ether oxygens (including phenoxy) is 3. The normalized spacial score (nSPS) is 10.2. The summed E-state index contributed by atoms with van der Waals surface area (Å²) in [5, 5.41) is 3.25. The van der Waals surface area contributed by atoms with E-state index in [4.69, 9.17) is 14.2 Å². The summed E-state index contributed by atoms with van der Waals surface area (Å²) in [6.07, 6.45) is 1.63. The predicted molar refractivity (Wildman–Crippen MR) is 94.6 cm³/mol. The number of rotatable bonds is 6. The maximum Gasteiger partial charge on any atom is 0.319 e. The van der Waals surface area contributed by atoms with Crippen LogP contribution in [0, 0.1) is 0 Å². The Balaban J connectivity index is 1.88. The van der Waals surface area contributed by atoms with E-state index in [9.17, 15) is 0 Å². The third-order valence-electron chi connectivity index (χ3n) is 3.50. The minimum atomic E-state index is 0.244. The van der Waals surface area contributed by atoms with Gasteiger partial charge in [-0.05, 0) is 36.4 Å². The maximum atomic E-state index is 5.32. The zero-order valence-corrected chi connectivity index (χ0v) is 14.2. The molecule has 7 heteroatoms. The topological polar surface area (TPSA) is 78.4 Å². The number of nitrogens with zero attached hydrogens (tertiary/aromatic N) is 3. The molecule has 0 saturated carbocycles. The lowest BCUT2D eigenvalue weighted by atomic mass is 10.2. The average Bonchev–Trinajstić information content (AvgIpc) is 2.68. The van der Waals surface area contributed by atoms with Gasteiger partial charge in [0.1, 0.15) is 11.6 Å². The molecule has 0 fully saturated rings. The summed E-state index contributed by atoms with van der Waals surface area (Å²) in [6.45, 7) is 0. The van der Waals surface area contributed by atoms with Crippen molar-refractivity contribution in [1.29, 1.82) is 0 Å². The zero-order valence-electron chi connectivity index (χ0n) is 14.2. The van der Waals surface area contributed by atoms with E-state index in [1.165, 1.54) is 7.11 Å². The quantitative estimate of drug-likeness (QED) is 0.738. The SMILES string of the molecule is COc1ccc(Nc2cccc(-c3cnc(OC)nc3OC)n2)cc1. The van der Waals surface area contributed by atoms with Gasteiger partial charge in [-0.15, -0.1) is 0 Å². The Morgan fingerprint density at radius 1 is 0.840 bits per heavy atom. The summed E-state index contributed by atoms with van der Waals surface area (Å²) in [6, 6.07) is 13.5. The number of aromatic nitrogens is 3. The van der Waals surface area contributed by atoms with Crippen LogP contribution >= 0.6 is 0 Å². The van der Waals surface area contributed by atoms with E-state index in [-0.39, 0.29) is 6.01 Å².